The van der Waals surface area contributed by atoms with Crippen LogP contribution in [0.25, 0.3) is 0 Å². The minimum absolute atomic E-state index is 0.00199. The van der Waals surface area contributed by atoms with Gasteiger partial charge in [-0.05, 0) is 6.07 Å². The van der Waals surface area contributed by atoms with E-state index < -0.39 is 10.8 Å². The highest BCUT2D eigenvalue weighted by Gasteiger charge is 2.12. The Morgan fingerprint density at radius 2 is 2.19 bits per heavy atom. The fourth-order valence-electron chi connectivity index (χ4n) is 1.32. The van der Waals surface area contributed by atoms with E-state index in [1.165, 1.54) is 23.1 Å². The van der Waals surface area contributed by atoms with Gasteiger partial charge in [-0.15, -0.1) is 0 Å². The fraction of sp³-hybridized carbons (Fsp3) is 0.222. The van der Waals surface area contributed by atoms with Gasteiger partial charge < -0.3 is 16.4 Å². The van der Waals surface area contributed by atoms with Gasteiger partial charge >= 0.3 is 0 Å². The number of non-ortho nitro benzene ring substituents is 1. The van der Waals surface area contributed by atoms with Gasteiger partial charge in [0.25, 0.3) is 5.69 Å². The van der Waals surface area contributed by atoms with Crippen LogP contribution in [0.1, 0.15) is 0 Å². The number of anilines is 2. The summed E-state index contributed by atoms with van der Waals surface area (Å²) < 4.78 is 0. The third kappa shape index (κ3) is 2.59. The van der Waals surface area contributed by atoms with Gasteiger partial charge in [0.05, 0.1) is 22.8 Å². The van der Waals surface area contributed by atoms with Crippen molar-refractivity contribution < 1.29 is 9.72 Å². The van der Waals surface area contributed by atoms with Gasteiger partial charge in [-0.3, -0.25) is 14.9 Å². The van der Waals surface area contributed by atoms with E-state index in [-0.39, 0.29) is 17.9 Å². The lowest BCUT2D eigenvalue weighted by Gasteiger charge is -2.18. The predicted molar refractivity (Wildman–Crippen MR) is 60.0 cm³/mol. The summed E-state index contributed by atoms with van der Waals surface area (Å²) in [5.74, 6) is -0.500. The quantitative estimate of drug-likeness (QED) is 0.427. The van der Waals surface area contributed by atoms with Crippen molar-refractivity contribution in [3.8, 4) is 0 Å². The number of nitro groups is 1. The topological polar surface area (TPSA) is 115 Å². The normalized spacial score (nSPS) is 9.81. The summed E-state index contributed by atoms with van der Waals surface area (Å²) in [4.78, 5) is 22.2. The molecule has 0 saturated carbocycles. The average molecular weight is 224 g/mol. The molecule has 0 bridgehead atoms. The summed E-state index contributed by atoms with van der Waals surface area (Å²) >= 11 is 0. The SMILES string of the molecule is CN(CC(N)=O)c1ccc([N+](=O)[O-])cc1N. The van der Waals surface area contributed by atoms with E-state index >= 15 is 0 Å². The highest BCUT2D eigenvalue weighted by molar-refractivity contribution is 5.81. The number of hydrogen-bond donors (Lipinski definition) is 2. The minimum Gasteiger partial charge on any atom is -0.397 e. The van der Waals surface area contributed by atoms with Crippen molar-refractivity contribution in [3.05, 3.63) is 28.3 Å². The highest BCUT2D eigenvalue weighted by atomic mass is 16.6. The highest BCUT2D eigenvalue weighted by Crippen LogP contribution is 2.26. The third-order valence-electron chi connectivity index (χ3n) is 2.03. The Labute approximate surface area is 91.8 Å². The Bertz CT molecular complexity index is 433. The number of nitrogens with zero attached hydrogens (tertiary/aromatic N) is 2. The number of hydrogen-bond acceptors (Lipinski definition) is 5. The predicted octanol–water partition coefficient (Wildman–Crippen LogP) is 0.0985. The molecule has 16 heavy (non-hydrogen) atoms. The van der Waals surface area contributed by atoms with Gasteiger partial charge in [-0.1, -0.05) is 0 Å². The molecule has 0 unspecified atom stereocenters. The van der Waals surface area contributed by atoms with Gasteiger partial charge in [0.2, 0.25) is 5.91 Å². The molecule has 4 N–H and O–H groups in total. The molecule has 0 fully saturated rings. The Hall–Kier alpha value is -2.31. The Kier molecular flexibility index (Phi) is 3.29. The molecule has 1 aromatic rings. The Balaban J connectivity index is 2.98. The zero-order valence-electron chi connectivity index (χ0n) is 8.71. The van der Waals surface area contributed by atoms with Gasteiger partial charge in [0.1, 0.15) is 0 Å². The second-order valence-electron chi connectivity index (χ2n) is 3.32. The molecule has 0 aliphatic rings. The van der Waals surface area contributed by atoms with E-state index in [1.54, 1.807) is 7.05 Å². The summed E-state index contributed by atoms with van der Waals surface area (Å²) in [6.07, 6.45) is 0. The van der Waals surface area contributed by atoms with E-state index in [1.807, 2.05) is 0 Å². The molecule has 0 saturated heterocycles. The number of nitrogen functional groups attached to an aromatic ring is 1. The number of benzene rings is 1. The fourth-order valence-corrected chi connectivity index (χ4v) is 1.32. The molecule has 7 heteroatoms. The van der Waals surface area contributed by atoms with E-state index in [9.17, 15) is 14.9 Å². The number of amides is 1. The molecular weight excluding hydrogens is 212 g/mol. The van der Waals surface area contributed by atoms with Crippen LogP contribution in [0.3, 0.4) is 0 Å². The molecule has 86 valence electrons. The summed E-state index contributed by atoms with van der Waals surface area (Å²) in [6, 6.07) is 4.05. The maximum atomic E-state index is 10.7. The van der Waals surface area contributed by atoms with Gasteiger partial charge in [0, 0.05) is 19.2 Å². The molecule has 0 heterocycles. The van der Waals surface area contributed by atoms with Gasteiger partial charge in [-0.2, -0.15) is 0 Å². The average Bonchev–Trinajstić information content (AvgIpc) is 2.15. The first-order chi connectivity index (χ1) is 7.41. The van der Waals surface area contributed by atoms with E-state index in [0.717, 1.165) is 0 Å². The smallest absolute Gasteiger partial charge is 0.271 e. The first-order valence-electron chi connectivity index (χ1n) is 4.45. The zero-order valence-corrected chi connectivity index (χ0v) is 8.71. The standard InChI is InChI=1S/C9H12N4O3/c1-12(5-9(11)14)8-3-2-6(13(15)16)4-7(8)10/h2-4H,5,10H2,1H3,(H2,11,14). The maximum absolute atomic E-state index is 10.7. The first kappa shape index (κ1) is 11.8. The number of nitrogens with two attached hydrogens (primary N) is 2. The number of carbonyl (C=O) groups is 1. The van der Waals surface area contributed by atoms with Crippen molar-refractivity contribution >= 4 is 23.0 Å². The first-order valence-corrected chi connectivity index (χ1v) is 4.45. The van der Waals surface area contributed by atoms with Crippen LogP contribution in [0.2, 0.25) is 0 Å². The molecule has 0 aromatic heterocycles. The summed E-state index contributed by atoms with van der Waals surface area (Å²) in [5, 5.41) is 10.5. The monoisotopic (exact) mass is 224 g/mol. The van der Waals surface area contributed by atoms with E-state index in [0.29, 0.717) is 5.69 Å². The Morgan fingerprint density at radius 3 is 2.62 bits per heavy atom. The summed E-state index contributed by atoms with van der Waals surface area (Å²) in [5.41, 5.74) is 11.3. The van der Waals surface area contributed by atoms with Crippen LogP contribution < -0.4 is 16.4 Å². The maximum Gasteiger partial charge on any atom is 0.271 e. The van der Waals surface area contributed by atoms with Crippen LogP contribution in [-0.2, 0) is 4.79 Å². The summed E-state index contributed by atoms with van der Waals surface area (Å²) in [7, 11) is 1.63. The third-order valence-corrected chi connectivity index (χ3v) is 2.03. The lowest BCUT2D eigenvalue weighted by atomic mass is 10.2. The second kappa shape index (κ2) is 4.47. The van der Waals surface area contributed by atoms with Crippen molar-refractivity contribution in [2.75, 3.05) is 24.2 Å². The molecule has 1 amide bonds. The number of nitro benzene ring substituents is 1. The van der Waals surface area contributed by atoms with Gasteiger partial charge in [0.15, 0.2) is 0 Å². The molecule has 0 aliphatic carbocycles. The molecule has 1 rings (SSSR count). The van der Waals surface area contributed by atoms with Crippen LogP contribution in [0, 0.1) is 10.1 Å². The lowest BCUT2D eigenvalue weighted by Crippen LogP contribution is -2.30. The molecule has 0 radical (unpaired) electrons. The van der Waals surface area contributed by atoms with Crippen LogP contribution in [0.5, 0.6) is 0 Å². The van der Waals surface area contributed by atoms with Gasteiger partial charge in [-0.25, -0.2) is 0 Å². The van der Waals surface area contributed by atoms with Crippen molar-refractivity contribution in [2.24, 2.45) is 5.73 Å². The van der Waals surface area contributed by atoms with Crippen molar-refractivity contribution in [1.29, 1.82) is 0 Å². The van der Waals surface area contributed by atoms with Crippen LogP contribution >= 0.6 is 0 Å². The molecular formula is C9H12N4O3. The van der Waals surface area contributed by atoms with Crippen molar-refractivity contribution in [3.63, 3.8) is 0 Å². The Morgan fingerprint density at radius 1 is 1.56 bits per heavy atom. The van der Waals surface area contributed by atoms with Crippen molar-refractivity contribution in [1.82, 2.24) is 0 Å². The largest absolute Gasteiger partial charge is 0.397 e. The number of primary amides is 1. The number of rotatable bonds is 4. The number of likely N-dealkylation sites (N-methyl/N-ethyl adjacent to an activating group) is 1. The van der Waals surface area contributed by atoms with Crippen LogP contribution in [0.15, 0.2) is 18.2 Å². The minimum atomic E-state index is -0.534. The zero-order chi connectivity index (χ0) is 12.3. The molecule has 0 spiro atoms. The second-order valence-corrected chi connectivity index (χ2v) is 3.32. The van der Waals surface area contributed by atoms with Crippen LogP contribution in [0.4, 0.5) is 17.1 Å². The molecule has 1 aromatic carbocycles. The van der Waals surface area contributed by atoms with Crippen LogP contribution in [-0.4, -0.2) is 24.4 Å². The summed E-state index contributed by atoms with van der Waals surface area (Å²) in [6.45, 7) is 0.00199. The van der Waals surface area contributed by atoms with Crippen molar-refractivity contribution in [2.45, 2.75) is 0 Å². The lowest BCUT2D eigenvalue weighted by molar-refractivity contribution is -0.384. The van der Waals surface area contributed by atoms with E-state index in [2.05, 4.69) is 0 Å². The molecule has 0 aliphatic heterocycles. The molecule has 7 nitrogen and oxygen atoms in total. The van der Waals surface area contributed by atoms with E-state index in [4.69, 9.17) is 11.5 Å². The number of carbonyl (C=O) groups excluding carboxylic acids is 1. The molecule has 0 atom stereocenters.